The fourth-order valence-electron chi connectivity index (χ4n) is 0.650. The van der Waals surface area contributed by atoms with Crippen molar-refractivity contribution in [3.8, 4) is 0 Å². The summed E-state index contributed by atoms with van der Waals surface area (Å²) in [6.07, 6.45) is 3.95. The van der Waals surface area contributed by atoms with E-state index in [0.717, 1.165) is 0 Å². The van der Waals surface area contributed by atoms with E-state index in [0.29, 0.717) is 0 Å². The molecule has 54 valence electrons. The topological polar surface area (TPSA) is 0 Å². The van der Waals surface area contributed by atoms with Crippen LogP contribution in [0.5, 0.6) is 0 Å². The fraction of sp³-hybridized carbons (Fsp3) is 0.667. The molecule has 1 aliphatic heterocycles. The van der Waals surface area contributed by atoms with Gasteiger partial charge in [-0.15, -0.1) is 0 Å². The first-order valence-corrected chi connectivity index (χ1v) is 5.19. The van der Waals surface area contributed by atoms with Crippen LogP contribution in [-0.2, 0) is 0 Å². The molecule has 0 aromatic carbocycles. The summed E-state index contributed by atoms with van der Waals surface area (Å²) in [4.78, 5) is 1.35. The normalized spacial score (nSPS) is 20.2. The van der Waals surface area contributed by atoms with Crippen LogP contribution in [-0.4, -0.2) is 16.7 Å². The lowest BCUT2D eigenvalue weighted by atomic mass is 10.2. The van der Waals surface area contributed by atoms with E-state index in [2.05, 4.69) is 6.58 Å². The van der Waals surface area contributed by atoms with Gasteiger partial charge in [-0.25, -0.2) is 0 Å². The van der Waals surface area contributed by atoms with Crippen molar-refractivity contribution in [3.63, 3.8) is 0 Å². The highest BCUT2D eigenvalue weighted by Gasteiger charge is 2.01. The average molecular weight is 178 g/mol. The molecule has 0 unspecified atom stereocenters. The summed E-state index contributed by atoms with van der Waals surface area (Å²) >= 11 is 0. The standard InChI is InChI=1S/C6H10S2.H4Si/c1-6-4-2-3-5-7-8-6;/h1-5H2;1H4. The Morgan fingerprint density at radius 1 is 1.33 bits per heavy atom. The van der Waals surface area contributed by atoms with E-state index in [1.807, 2.05) is 21.6 Å². The van der Waals surface area contributed by atoms with Gasteiger partial charge in [0.25, 0.3) is 0 Å². The van der Waals surface area contributed by atoms with Crippen molar-refractivity contribution in [3.05, 3.63) is 11.5 Å². The van der Waals surface area contributed by atoms with Crippen molar-refractivity contribution in [2.75, 3.05) is 5.75 Å². The molecule has 0 spiro atoms. The Balaban J connectivity index is 0.000000640. The number of allylic oxidation sites excluding steroid dienone is 1. The maximum absolute atomic E-state index is 3.92. The Morgan fingerprint density at radius 2 is 2.11 bits per heavy atom. The van der Waals surface area contributed by atoms with Crippen molar-refractivity contribution in [2.24, 2.45) is 0 Å². The van der Waals surface area contributed by atoms with Gasteiger partial charge in [0.15, 0.2) is 0 Å². The highest BCUT2D eigenvalue weighted by Crippen LogP contribution is 2.35. The lowest BCUT2D eigenvalue weighted by Gasteiger charge is -1.92. The Hall–Kier alpha value is 0.657. The van der Waals surface area contributed by atoms with Gasteiger partial charge in [0.2, 0.25) is 0 Å². The molecule has 0 nitrogen and oxygen atoms in total. The zero-order valence-corrected chi connectivity index (χ0v) is 6.49. The van der Waals surface area contributed by atoms with Crippen molar-refractivity contribution in [1.82, 2.24) is 0 Å². The van der Waals surface area contributed by atoms with Gasteiger partial charge in [-0.1, -0.05) is 28.2 Å². The molecule has 0 bridgehead atoms. The lowest BCUT2D eigenvalue weighted by molar-refractivity contribution is 0.822. The molecule has 3 heteroatoms. The van der Waals surface area contributed by atoms with Gasteiger partial charge in [-0.05, 0) is 35.1 Å². The van der Waals surface area contributed by atoms with Crippen molar-refractivity contribution in [1.29, 1.82) is 0 Å². The molecule has 1 fully saturated rings. The number of hydrogen-bond acceptors (Lipinski definition) is 2. The van der Waals surface area contributed by atoms with Crippen LogP contribution in [0.2, 0.25) is 0 Å². The quantitative estimate of drug-likeness (QED) is 0.408. The van der Waals surface area contributed by atoms with Gasteiger partial charge in [-0.3, -0.25) is 0 Å². The minimum absolute atomic E-state index is 0. The molecule has 1 aliphatic rings. The van der Waals surface area contributed by atoms with E-state index in [4.69, 9.17) is 0 Å². The third-order valence-electron chi connectivity index (χ3n) is 1.11. The van der Waals surface area contributed by atoms with Gasteiger partial charge in [0, 0.05) is 5.75 Å². The Morgan fingerprint density at radius 3 is 2.89 bits per heavy atom. The van der Waals surface area contributed by atoms with Crippen LogP contribution in [0.1, 0.15) is 19.3 Å². The molecule has 1 saturated heterocycles. The summed E-state index contributed by atoms with van der Waals surface area (Å²) in [7, 11) is 3.80. The Bertz CT molecular complexity index is 83.1. The molecule has 0 atom stereocenters. The van der Waals surface area contributed by atoms with Crippen molar-refractivity contribution in [2.45, 2.75) is 19.3 Å². The van der Waals surface area contributed by atoms with Crippen LogP contribution in [0.4, 0.5) is 0 Å². The molecule has 0 N–H and O–H groups in total. The summed E-state index contributed by atoms with van der Waals surface area (Å²) in [5.74, 6) is 1.31. The second-order valence-corrected chi connectivity index (χ2v) is 4.50. The third kappa shape index (κ3) is 4.11. The maximum Gasteiger partial charge on any atom is 0.00403 e. The van der Waals surface area contributed by atoms with Crippen LogP contribution in [0.25, 0.3) is 0 Å². The molecular formula is C6H14S2Si. The average Bonchev–Trinajstić information content (AvgIpc) is 1.94. The molecule has 1 heterocycles. The summed E-state index contributed by atoms with van der Waals surface area (Å²) in [5.41, 5.74) is 0. The predicted octanol–water partition coefficient (Wildman–Crippen LogP) is 1.61. The second kappa shape index (κ2) is 5.44. The Kier molecular flexibility index (Phi) is 5.84. The van der Waals surface area contributed by atoms with Crippen molar-refractivity contribution < 1.29 is 0 Å². The minimum atomic E-state index is 0. The zero-order chi connectivity index (χ0) is 5.82. The molecule has 0 aromatic rings. The SMILES string of the molecule is C=C1CCCCSS1.[SiH4]. The molecule has 9 heavy (non-hydrogen) atoms. The fourth-order valence-corrected chi connectivity index (χ4v) is 2.80. The van der Waals surface area contributed by atoms with Crippen LogP contribution in [0.15, 0.2) is 11.5 Å². The van der Waals surface area contributed by atoms with Crippen LogP contribution < -0.4 is 0 Å². The minimum Gasteiger partial charge on any atom is -0.0893 e. The van der Waals surface area contributed by atoms with E-state index in [9.17, 15) is 0 Å². The monoisotopic (exact) mass is 178 g/mol. The number of rotatable bonds is 0. The van der Waals surface area contributed by atoms with E-state index in [-0.39, 0.29) is 11.0 Å². The smallest absolute Gasteiger partial charge is 0.00403 e. The van der Waals surface area contributed by atoms with E-state index >= 15 is 0 Å². The van der Waals surface area contributed by atoms with Crippen LogP contribution >= 0.6 is 21.6 Å². The molecular weight excluding hydrogens is 164 g/mol. The van der Waals surface area contributed by atoms with Gasteiger partial charge in [0.05, 0.1) is 0 Å². The third-order valence-corrected chi connectivity index (χ3v) is 3.68. The van der Waals surface area contributed by atoms with Gasteiger partial charge in [-0.2, -0.15) is 0 Å². The van der Waals surface area contributed by atoms with E-state index < -0.39 is 0 Å². The summed E-state index contributed by atoms with van der Waals surface area (Å²) < 4.78 is 0. The zero-order valence-electron chi connectivity index (χ0n) is 4.85. The van der Waals surface area contributed by atoms with Gasteiger partial charge >= 0.3 is 0 Å². The Labute approximate surface area is 69.3 Å². The first kappa shape index (κ1) is 9.66. The predicted molar refractivity (Wildman–Crippen MR) is 54.4 cm³/mol. The maximum atomic E-state index is 3.92. The summed E-state index contributed by atoms with van der Waals surface area (Å²) in [6, 6.07) is 0. The van der Waals surface area contributed by atoms with Gasteiger partial charge in [0.1, 0.15) is 0 Å². The first-order chi connectivity index (χ1) is 3.89. The number of hydrogen-bond donors (Lipinski definition) is 0. The summed E-state index contributed by atoms with van der Waals surface area (Å²) in [6.45, 7) is 3.92. The molecule has 0 aromatic heterocycles. The van der Waals surface area contributed by atoms with E-state index in [1.54, 1.807) is 0 Å². The first-order valence-electron chi connectivity index (χ1n) is 2.87. The molecule has 0 saturated carbocycles. The second-order valence-electron chi connectivity index (χ2n) is 1.90. The van der Waals surface area contributed by atoms with Gasteiger partial charge < -0.3 is 0 Å². The largest absolute Gasteiger partial charge is 0.0893 e. The van der Waals surface area contributed by atoms with Crippen LogP contribution in [0.3, 0.4) is 0 Å². The molecule has 0 radical (unpaired) electrons. The highest BCUT2D eigenvalue weighted by molar-refractivity contribution is 8.78. The van der Waals surface area contributed by atoms with E-state index in [1.165, 1.54) is 29.9 Å². The molecule has 0 amide bonds. The highest BCUT2D eigenvalue weighted by atomic mass is 33.1. The summed E-state index contributed by atoms with van der Waals surface area (Å²) in [5, 5.41) is 0. The van der Waals surface area contributed by atoms with Crippen LogP contribution in [0, 0.1) is 0 Å². The lowest BCUT2D eigenvalue weighted by Crippen LogP contribution is -1.72. The van der Waals surface area contributed by atoms with Crippen molar-refractivity contribution >= 4 is 32.6 Å². The molecule has 0 aliphatic carbocycles. The molecule has 1 rings (SSSR count).